The number of nitrogens with zero attached hydrogens (tertiary/aromatic N) is 1. The van der Waals surface area contributed by atoms with Gasteiger partial charge in [0, 0.05) is 5.56 Å². The van der Waals surface area contributed by atoms with Crippen molar-refractivity contribution in [2.75, 3.05) is 0 Å². The molecule has 1 amide bonds. The molecule has 5 nitrogen and oxygen atoms in total. The fourth-order valence-electron chi connectivity index (χ4n) is 0.893. The molecule has 0 radical (unpaired) electrons. The van der Waals surface area contributed by atoms with Gasteiger partial charge < -0.3 is 0 Å². The minimum absolute atomic E-state index is 0.281. The molecular formula is C8H6F3NO4S. The number of halogens is 3. The first-order chi connectivity index (χ1) is 7.84. The first kappa shape index (κ1) is 13.5. The lowest BCUT2D eigenvalue weighted by atomic mass is 10.2. The number of alkyl halides is 3. The highest BCUT2D eigenvalue weighted by Gasteiger charge is 2.48. The number of carbonyl (C=O) groups excluding carboxylic acids is 1. The SMILES string of the molecule is FC(F)F.O=C(c1ccccc1)N1OS1(=O)=O. The standard InChI is InChI=1S/C7H5NO4S.CHF3/c9-7(8-12-13(8,10)11)6-4-2-1-3-5-6;2-1(3)4/h1-5H;1H. The van der Waals surface area contributed by atoms with Gasteiger partial charge in [0.1, 0.15) is 0 Å². The van der Waals surface area contributed by atoms with Gasteiger partial charge in [-0.1, -0.05) is 22.7 Å². The van der Waals surface area contributed by atoms with Crippen molar-refractivity contribution in [1.29, 1.82) is 0 Å². The van der Waals surface area contributed by atoms with Gasteiger partial charge in [-0.15, -0.1) is 4.28 Å². The maximum Gasteiger partial charge on any atom is 0.411 e. The van der Waals surface area contributed by atoms with E-state index in [0.29, 0.717) is 4.47 Å². The normalized spacial score (nSPS) is 16.1. The lowest BCUT2D eigenvalue weighted by Crippen LogP contribution is -2.11. The molecule has 0 saturated carbocycles. The lowest BCUT2D eigenvalue weighted by Gasteiger charge is -1.93. The molecular weight excluding hydrogens is 263 g/mol. The number of carbonyl (C=O) groups is 1. The fourth-order valence-corrected chi connectivity index (χ4v) is 1.56. The summed E-state index contributed by atoms with van der Waals surface area (Å²) in [5.41, 5.74) is 0.281. The van der Waals surface area contributed by atoms with Crippen LogP contribution in [0.4, 0.5) is 13.2 Å². The Morgan fingerprint density at radius 3 is 1.94 bits per heavy atom. The van der Waals surface area contributed by atoms with E-state index >= 15 is 0 Å². The quantitative estimate of drug-likeness (QED) is 0.724. The van der Waals surface area contributed by atoms with E-state index in [1.807, 2.05) is 0 Å². The predicted molar refractivity (Wildman–Crippen MR) is 49.7 cm³/mol. The van der Waals surface area contributed by atoms with E-state index in [-0.39, 0.29) is 5.56 Å². The van der Waals surface area contributed by atoms with Crippen molar-refractivity contribution in [2.45, 2.75) is 6.68 Å². The smallest absolute Gasteiger partial charge is 0.265 e. The van der Waals surface area contributed by atoms with Crippen LogP contribution in [0.5, 0.6) is 0 Å². The number of hydrogen-bond acceptors (Lipinski definition) is 4. The summed E-state index contributed by atoms with van der Waals surface area (Å²) in [7, 11) is -3.72. The molecule has 94 valence electrons. The Kier molecular flexibility index (Phi) is 4.07. The molecule has 1 aromatic rings. The van der Waals surface area contributed by atoms with Crippen LogP contribution in [-0.2, 0) is 14.6 Å². The van der Waals surface area contributed by atoms with Gasteiger partial charge in [-0.2, -0.15) is 21.6 Å². The maximum atomic E-state index is 11.2. The molecule has 9 heteroatoms. The van der Waals surface area contributed by atoms with E-state index in [0.717, 1.165) is 0 Å². The van der Waals surface area contributed by atoms with Crippen LogP contribution in [0.1, 0.15) is 10.4 Å². The highest BCUT2D eigenvalue weighted by molar-refractivity contribution is 7.89. The van der Waals surface area contributed by atoms with E-state index in [9.17, 15) is 26.4 Å². The minimum atomic E-state index is -3.72. The molecule has 0 aliphatic carbocycles. The Morgan fingerprint density at radius 2 is 1.59 bits per heavy atom. The molecule has 0 atom stereocenters. The summed E-state index contributed by atoms with van der Waals surface area (Å²) >= 11 is 0. The van der Waals surface area contributed by atoms with E-state index in [4.69, 9.17) is 0 Å². The van der Waals surface area contributed by atoms with E-state index in [1.165, 1.54) is 12.1 Å². The van der Waals surface area contributed by atoms with Gasteiger partial charge in [0.2, 0.25) is 0 Å². The van der Waals surface area contributed by atoms with Crippen LogP contribution in [0.2, 0.25) is 0 Å². The van der Waals surface area contributed by atoms with Gasteiger partial charge in [0.15, 0.2) is 0 Å². The first-order valence-electron chi connectivity index (χ1n) is 4.11. The molecule has 0 bridgehead atoms. The Labute approximate surface area is 94.6 Å². The fraction of sp³-hybridized carbons (Fsp3) is 0.125. The first-order valence-corrected chi connectivity index (χ1v) is 5.47. The molecule has 0 aromatic heterocycles. The van der Waals surface area contributed by atoms with Crippen LogP contribution in [-0.4, -0.2) is 25.5 Å². The zero-order chi connectivity index (χ0) is 13.1. The number of rotatable bonds is 1. The van der Waals surface area contributed by atoms with Crippen LogP contribution >= 0.6 is 0 Å². The summed E-state index contributed by atoms with van der Waals surface area (Å²) in [4.78, 5) is 11.2. The zero-order valence-electron chi connectivity index (χ0n) is 8.09. The average Bonchev–Trinajstić information content (AvgIpc) is 2.87. The van der Waals surface area contributed by atoms with Crippen molar-refractivity contribution in [3.63, 3.8) is 0 Å². The van der Waals surface area contributed by atoms with E-state index < -0.39 is 22.9 Å². The van der Waals surface area contributed by atoms with Crippen molar-refractivity contribution in [2.24, 2.45) is 0 Å². The van der Waals surface area contributed by atoms with E-state index in [2.05, 4.69) is 4.28 Å². The Balaban J connectivity index is 0.000000317. The van der Waals surface area contributed by atoms with Crippen molar-refractivity contribution in [1.82, 2.24) is 4.47 Å². The maximum absolute atomic E-state index is 11.2. The van der Waals surface area contributed by atoms with Gasteiger partial charge >= 0.3 is 17.0 Å². The Bertz CT molecular complexity index is 488. The van der Waals surface area contributed by atoms with Gasteiger partial charge in [0.05, 0.1) is 0 Å². The average molecular weight is 269 g/mol. The molecule has 0 unspecified atom stereocenters. The molecule has 0 N–H and O–H groups in total. The van der Waals surface area contributed by atoms with Crippen molar-refractivity contribution in [3.05, 3.63) is 35.9 Å². The Hall–Kier alpha value is -1.61. The molecule has 1 heterocycles. The summed E-state index contributed by atoms with van der Waals surface area (Å²) in [6.45, 7) is -3.67. The molecule has 1 fully saturated rings. The van der Waals surface area contributed by atoms with E-state index in [1.54, 1.807) is 18.2 Å². The third-order valence-electron chi connectivity index (χ3n) is 1.53. The molecule has 1 saturated heterocycles. The number of hydroxylamine groups is 1. The molecule has 17 heavy (non-hydrogen) atoms. The molecule has 1 aliphatic heterocycles. The second-order valence-electron chi connectivity index (χ2n) is 2.68. The molecule has 1 aliphatic rings. The van der Waals surface area contributed by atoms with Gasteiger partial charge in [-0.05, 0) is 12.1 Å². The number of amides is 1. The van der Waals surface area contributed by atoms with Crippen molar-refractivity contribution >= 4 is 16.2 Å². The number of hydrogen-bond donors (Lipinski definition) is 0. The predicted octanol–water partition coefficient (Wildman–Crippen LogP) is 1.50. The van der Waals surface area contributed by atoms with Crippen LogP contribution in [0.3, 0.4) is 0 Å². The minimum Gasteiger partial charge on any atom is -0.265 e. The summed E-state index contributed by atoms with van der Waals surface area (Å²) in [5, 5.41) is 0. The largest absolute Gasteiger partial charge is 0.411 e. The lowest BCUT2D eigenvalue weighted by molar-refractivity contribution is 0.00818. The monoisotopic (exact) mass is 269 g/mol. The molecule has 0 spiro atoms. The van der Waals surface area contributed by atoms with Crippen LogP contribution < -0.4 is 0 Å². The highest BCUT2D eigenvalue weighted by atomic mass is 32.3. The van der Waals surface area contributed by atoms with Crippen LogP contribution in [0.25, 0.3) is 0 Å². The van der Waals surface area contributed by atoms with Crippen molar-refractivity contribution in [3.8, 4) is 0 Å². The highest BCUT2D eigenvalue weighted by Crippen LogP contribution is 2.24. The van der Waals surface area contributed by atoms with Crippen molar-refractivity contribution < 1.29 is 30.7 Å². The summed E-state index contributed by atoms with van der Waals surface area (Å²) < 4.78 is 54.6. The second-order valence-corrected chi connectivity index (χ2v) is 4.01. The topological polar surface area (TPSA) is 66.8 Å². The third kappa shape index (κ3) is 4.04. The summed E-state index contributed by atoms with van der Waals surface area (Å²) in [5.74, 6) is -0.666. The van der Waals surface area contributed by atoms with Gasteiger partial charge in [-0.25, -0.2) is 0 Å². The third-order valence-corrected chi connectivity index (χ3v) is 2.39. The van der Waals surface area contributed by atoms with Gasteiger partial charge in [0.25, 0.3) is 5.91 Å². The zero-order valence-corrected chi connectivity index (χ0v) is 8.90. The molecule has 2 rings (SSSR count). The molecule has 1 aromatic carbocycles. The number of benzene rings is 1. The Morgan fingerprint density at radius 1 is 1.18 bits per heavy atom. The van der Waals surface area contributed by atoms with Crippen LogP contribution in [0.15, 0.2) is 30.3 Å². The summed E-state index contributed by atoms with van der Waals surface area (Å²) in [6, 6.07) is 8.04. The second kappa shape index (κ2) is 5.15. The van der Waals surface area contributed by atoms with Gasteiger partial charge in [-0.3, -0.25) is 4.79 Å². The summed E-state index contributed by atoms with van der Waals surface area (Å²) in [6.07, 6.45) is 0. The van der Waals surface area contributed by atoms with Crippen LogP contribution in [0, 0.1) is 0 Å².